The molecule has 3 N–H and O–H groups in total. The molecule has 19 heavy (non-hydrogen) atoms. The third kappa shape index (κ3) is 3.84. The molecule has 1 aromatic rings. The first kappa shape index (κ1) is 13.1. The van der Waals surface area contributed by atoms with E-state index >= 15 is 0 Å². The van der Waals surface area contributed by atoms with Crippen LogP contribution in [0.4, 0.5) is 0 Å². The minimum Gasteiger partial charge on any atom is -0.487 e. The molecule has 1 amide bonds. The van der Waals surface area contributed by atoms with E-state index < -0.39 is 0 Å². The van der Waals surface area contributed by atoms with Crippen molar-refractivity contribution >= 4 is 11.6 Å². The van der Waals surface area contributed by atoms with Gasteiger partial charge in [0.05, 0.1) is 6.54 Å². The number of carbonyl (C=O) groups is 1. The van der Waals surface area contributed by atoms with Gasteiger partial charge in [-0.25, -0.2) is 0 Å². The van der Waals surface area contributed by atoms with Crippen LogP contribution >= 0.6 is 0 Å². The van der Waals surface area contributed by atoms with E-state index in [1.54, 1.807) is 6.08 Å². The molecule has 1 aliphatic rings. The van der Waals surface area contributed by atoms with Crippen molar-refractivity contribution in [2.45, 2.75) is 6.92 Å². The minimum atomic E-state index is -0.190. The molecule has 5 heteroatoms. The molecule has 0 spiro atoms. The van der Waals surface area contributed by atoms with Gasteiger partial charge in [0.2, 0.25) is 0 Å². The first-order valence-corrected chi connectivity index (χ1v) is 6.13. The van der Waals surface area contributed by atoms with Gasteiger partial charge in [-0.1, -0.05) is 17.7 Å². The van der Waals surface area contributed by atoms with Crippen molar-refractivity contribution < 1.29 is 9.53 Å². The predicted molar refractivity (Wildman–Crippen MR) is 74.3 cm³/mol. The van der Waals surface area contributed by atoms with E-state index in [-0.39, 0.29) is 12.5 Å². The SMILES string of the molecule is Cc1ccc(OCC(N)=CC2=NCCNC2=O)cc1. The summed E-state index contributed by atoms with van der Waals surface area (Å²) < 4.78 is 5.52. The lowest BCUT2D eigenvalue weighted by molar-refractivity contribution is -0.114. The quantitative estimate of drug-likeness (QED) is 0.839. The van der Waals surface area contributed by atoms with Crippen LogP contribution in [0.5, 0.6) is 5.75 Å². The molecule has 0 bridgehead atoms. The van der Waals surface area contributed by atoms with Gasteiger partial charge in [-0.2, -0.15) is 0 Å². The van der Waals surface area contributed by atoms with Crippen molar-refractivity contribution in [1.82, 2.24) is 5.32 Å². The zero-order valence-electron chi connectivity index (χ0n) is 10.8. The van der Waals surface area contributed by atoms with Gasteiger partial charge in [0.1, 0.15) is 18.1 Å². The summed E-state index contributed by atoms with van der Waals surface area (Å²) in [5.74, 6) is 0.557. The number of aryl methyl sites for hydroxylation is 1. The Bertz CT molecular complexity index is 518. The molecule has 0 aromatic heterocycles. The minimum absolute atomic E-state index is 0.190. The molecule has 0 unspecified atom stereocenters. The van der Waals surface area contributed by atoms with E-state index in [0.29, 0.717) is 24.5 Å². The van der Waals surface area contributed by atoms with Gasteiger partial charge >= 0.3 is 0 Å². The summed E-state index contributed by atoms with van der Waals surface area (Å²) in [4.78, 5) is 15.6. The number of nitrogens with one attached hydrogen (secondary N) is 1. The van der Waals surface area contributed by atoms with Crippen molar-refractivity contribution in [3.63, 3.8) is 0 Å². The molecule has 5 nitrogen and oxygen atoms in total. The van der Waals surface area contributed by atoms with Crippen LogP contribution in [-0.2, 0) is 4.79 Å². The van der Waals surface area contributed by atoms with E-state index in [1.807, 2.05) is 31.2 Å². The van der Waals surface area contributed by atoms with E-state index in [9.17, 15) is 4.79 Å². The number of hydrogen-bond acceptors (Lipinski definition) is 4. The highest BCUT2D eigenvalue weighted by Crippen LogP contribution is 2.11. The number of nitrogens with two attached hydrogens (primary N) is 1. The Labute approximate surface area is 112 Å². The fraction of sp³-hybridized carbons (Fsp3) is 0.286. The molecule has 1 aliphatic heterocycles. The van der Waals surface area contributed by atoms with Gasteiger partial charge in [-0.05, 0) is 25.1 Å². The monoisotopic (exact) mass is 259 g/mol. The summed E-state index contributed by atoms with van der Waals surface area (Å²) in [6.45, 7) is 3.41. The average Bonchev–Trinajstić information content (AvgIpc) is 2.41. The highest BCUT2D eigenvalue weighted by atomic mass is 16.5. The van der Waals surface area contributed by atoms with Gasteiger partial charge in [-0.15, -0.1) is 0 Å². The van der Waals surface area contributed by atoms with Crippen molar-refractivity contribution in [1.29, 1.82) is 0 Å². The van der Waals surface area contributed by atoms with Crippen LogP contribution in [0.1, 0.15) is 5.56 Å². The Morgan fingerprint density at radius 1 is 1.47 bits per heavy atom. The number of ether oxygens (including phenoxy) is 1. The first-order valence-electron chi connectivity index (χ1n) is 6.13. The summed E-state index contributed by atoms with van der Waals surface area (Å²) in [6.07, 6.45) is 1.56. The lowest BCUT2D eigenvalue weighted by Crippen LogP contribution is -2.37. The normalized spacial score (nSPS) is 15.7. The number of nitrogens with zero attached hydrogens (tertiary/aromatic N) is 1. The van der Waals surface area contributed by atoms with Crippen LogP contribution < -0.4 is 15.8 Å². The molecule has 0 atom stereocenters. The second kappa shape index (κ2) is 6.04. The fourth-order valence-corrected chi connectivity index (χ4v) is 1.64. The molecule has 0 saturated heterocycles. The molecule has 100 valence electrons. The van der Waals surface area contributed by atoms with Gasteiger partial charge in [0, 0.05) is 12.2 Å². The summed E-state index contributed by atoms with van der Waals surface area (Å²) in [5.41, 5.74) is 7.82. The van der Waals surface area contributed by atoms with Gasteiger partial charge in [-0.3, -0.25) is 9.79 Å². The Morgan fingerprint density at radius 3 is 2.89 bits per heavy atom. The number of amides is 1. The Kier molecular flexibility index (Phi) is 4.18. The zero-order chi connectivity index (χ0) is 13.7. The number of hydrogen-bond donors (Lipinski definition) is 2. The van der Waals surface area contributed by atoms with Gasteiger partial charge in [0.15, 0.2) is 0 Å². The first-order chi connectivity index (χ1) is 9.15. The highest BCUT2D eigenvalue weighted by Gasteiger charge is 2.12. The Morgan fingerprint density at radius 2 is 2.21 bits per heavy atom. The maximum atomic E-state index is 11.5. The molecule has 1 heterocycles. The predicted octanol–water partition coefficient (Wildman–Crippen LogP) is 0.787. The second-order valence-electron chi connectivity index (χ2n) is 4.34. The number of aliphatic imine (C=N–C) groups is 1. The van der Waals surface area contributed by atoms with Crippen LogP contribution in [0.25, 0.3) is 0 Å². The highest BCUT2D eigenvalue weighted by molar-refractivity contribution is 6.43. The molecule has 0 fully saturated rings. The molecule has 0 radical (unpaired) electrons. The van der Waals surface area contributed by atoms with E-state index in [0.717, 1.165) is 5.75 Å². The number of carbonyl (C=O) groups excluding carboxylic acids is 1. The third-order valence-electron chi connectivity index (χ3n) is 2.66. The Balaban J connectivity index is 1.93. The molecule has 2 rings (SSSR count). The second-order valence-corrected chi connectivity index (χ2v) is 4.34. The van der Waals surface area contributed by atoms with Gasteiger partial charge < -0.3 is 15.8 Å². The summed E-state index contributed by atoms with van der Waals surface area (Å²) in [7, 11) is 0. The van der Waals surface area contributed by atoms with Crippen LogP contribution in [0.2, 0.25) is 0 Å². The average molecular weight is 259 g/mol. The van der Waals surface area contributed by atoms with Crippen molar-refractivity contribution in [2.75, 3.05) is 19.7 Å². The molecule has 0 aliphatic carbocycles. The van der Waals surface area contributed by atoms with E-state index in [2.05, 4.69) is 10.3 Å². The smallest absolute Gasteiger partial charge is 0.269 e. The summed E-state index contributed by atoms with van der Waals surface area (Å²) >= 11 is 0. The van der Waals surface area contributed by atoms with Crippen molar-refractivity contribution in [3.8, 4) is 5.75 Å². The Hall–Kier alpha value is -2.30. The molecular weight excluding hydrogens is 242 g/mol. The van der Waals surface area contributed by atoms with Crippen LogP contribution in [0.3, 0.4) is 0 Å². The van der Waals surface area contributed by atoms with Crippen molar-refractivity contribution in [3.05, 3.63) is 41.6 Å². The lowest BCUT2D eigenvalue weighted by atomic mass is 10.2. The molecule has 1 aromatic carbocycles. The van der Waals surface area contributed by atoms with Crippen molar-refractivity contribution in [2.24, 2.45) is 10.7 Å². The molecule has 0 saturated carbocycles. The topological polar surface area (TPSA) is 76.7 Å². The van der Waals surface area contributed by atoms with E-state index in [1.165, 1.54) is 5.56 Å². The largest absolute Gasteiger partial charge is 0.487 e. The van der Waals surface area contributed by atoms with Gasteiger partial charge in [0.25, 0.3) is 5.91 Å². The standard InChI is InChI=1S/C14H17N3O2/c1-10-2-4-12(5-3-10)19-9-11(15)8-13-14(18)17-7-6-16-13/h2-5,8H,6-7,9,15H2,1H3,(H,17,18). The van der Waals surface area contributed by atoms with Crippen LogP contribution in [0, 0.1) is 6.92 Å². The van der Waals surface area contributed by atoms with E-state index in [4.69, 9.17) is 10.5 Å². The van der Waals surface area contributed by atoms with Crippen LogP contribution in [-0.4, -0.2) is 31.3 Å². The number of rotatable bonds is 4. The maximum Gasteiger partial charge on any atom is 0.269 e. The van der Waals surface area contributed by atoms with Crippen LogP contribution in [0.15, 0.2) is 41.0 Å². The maximum absolute atomic E-state index is 11.5. The number of benzene rings is 1. The zero-order valence-corrected chi connectivity index (χ0v) is 10.8. The third-order valence-corrected chi connectivity index (χ3v) is 2.66. The summed E-state index contributed by atoms with van der Waals surface area (Å²) in [5, 5.41) is 2.71. The summed E-state index contributed by atoms with van der Waals surface area (Å²) in [6, 6.07) is 7.70. The molecular formula is C14H17N3O2. The lowest BCUT2D eigenvalue weighted by Gasteiger charge is -2.11. The fourth-order valence-electron chi connectivity index (χ4n) is 1.64.